The van der Waals surface area contributed by atoms with Crippen molar-refractivity contribution >= 4 is 17.6 Å². The standard InChI is InChI=1S/C11H19N5O2/c1-13-8-5-9(16-10(12)15-8)14-6-11(17-2)3-4-18-7-11/h5H,3-4,6-7H2,1-2H3,(H4,12,13,14,15,16). The van der Waals surface area contributed by atoms with Crippen LogP contribution in [0.4, 0.5) is 17.6 Å². The fourth-order valence-corrected chi connectivity index (χ4v) is 1.90. The molecule has 1 aliphatic rings. The van der Waals surface area contributed by atoms with Crippen LogP contribution in [0.25, 0.3) is 0 Å². The number of methoxy groups -OCH3 is 1. The number of ether oxygens (including phenoxy) is 2. The largest absolute Gasteiger partial charge is 0.378 e. The van der Waals surface area contributed by atoms with Crippen molar-refractivity contribution in [2.45, 2.75) is 12.0 Å². The zero-order valence-corrected chi connectivity index (χ0v) is 10.7. The number of anilines is 3. The topological polar surface area (TPSA) is 94.3 Å². The number of nitrogens with zero attached hydrogens (tertiary/aromatic N) is 2. The molecule has 0 spiro atoms. The Labute approximate surface area is 106 Å². The molecular formula is C11H19N5O2. The fraction of sp³-hybridized carbons (Fsp3) is 0.636. The Kier molecular flexibility index (Phi) is 3.83. The van der Waals surface area contributed by atoms with Gasteiger partial charge in [-0.2, -0.15) is 9.97 Å². The molecule has 7 heteroatoms. The molecule has 2 rings (SSSR count). The van der Waals surface area contributed by atoms with E-state index in [1.807, 2.05) is 0 Å². The van der Waals surface area contributed by atoms with Crippen LogP contribution in [0.5, 0.6) is 0 Å². The SMILES string of the molecule is CNc1cc(NCC2(OC)CCOC2)nc(N)n1. The molecule has 1 saturated heterocycles. The monoisotopic (exact) mass is 253 g/mol. The predicted molar refractivity (Wildman–Crippen MR) is 69.7 cm³/mol. The first-order valence-corrected chi connectivity index (χ1v) is 5.86. The number of nitrogens with two attached hydrogens (primary N) is 1. The molecule has 1 aromatic rings. The molecule has 2 heterocycles. The van der Waals surface area contributed by atoms with Gasteiger partial charge < -0.3 is 25.8 Å². The molecule has 7 nitrogen and oxygen atoms in total. The molecular weight excluding hydrogens is 234 g/mol. The van der Waals surface area contributed by atoms with E-state index in [1.54, 1.807) is 20.2 Å². The van der Waals surface area contributed by atoms with E-state index < -0.39 is 0 Å². The highest BCUT2D eigenvalue weighted by atomic mass is 16.5. The van der Waals surface area contributed by atoms with E-state index in [2.05, 4.69) is 20.6 Å². The van der Waals surface area contributed by atoms with Gasteiger partial charge in [0.2, 0.25) is 5.95 Å². The Bertz CT molecular complexity index is 406. The minimum Gasteiger partial charge on any atom is -0.378 e. The molecule has 0 bridgehead atoms. The molecule has 1 fully saturated rings. The molecule has 0 radical (unpaired) electrons. The molecule has 1 aliphatic heterocycles. The van der Waals surface area contributed by atoms with Crippen LogP contribution < -0.4 is 16.4 Å². The summed E-state index contributed by atoms with van der Waals surface area (Å²) < 4.78 is 10.9. The van der Waals surface area contributed by atoms with Gasteiger partial charge >= 0.3 is 0 Å². The van der Waals surface area contributed by atoms with Gasteiger partial charge in [-0.3, -0.25) is 0 Å². The zero-order chi connectivity index (χ0) is 13.0. The minimum atomic E-state index is -0.278. The molecule has 0 saturated carbocycles. The molecule has 18 heavy (non-hydrogen) atoms. The van der Waals surface area contributed by atoms with Crippen LogP contribution in [-0.4, -0.2) is 49.5 Å². The number of hydrogen-bond donors (Lipinski definition) is 3. The molecule has 4 N–H and O–H groups in total. The van der Waals surface area contributed by atoms with Crippen LogP contribution in [0.3, 0.4) is 0 Å². The van der Waals surface area contributed by atoms with Gasteiger partial charge in [0, 0.05) is 39.8 Å². The van der Waals surface area contributed by atoms with Crippen molar-refractivity contribution in [1.82, 2.24) is 9.97 Å². The maximum absolute atomic E-state index is 5.63. The summed E-state index contributed by atoms with van der Waals surface area (Å²) in [6, 6.07) is 1.80. The van der Waals surface area contributed by atoms with Crippen LogP contribution >= 0.6 is 0 Å². The van der Waals surface area contributed by atoms with Gasteiger partial charge in [-0.1, -0.05) is 0 Å². The normalized spacial score (nSPS) is 23.0. The third-order valence-electron chi connectivity index (χ3n) is 3.09. The zero-order valence-electron chi connectivity index (χ0n) is 10.7. The summed E-state index contributed by atoms with van der Waals surface area (Å²) in [5.74, 6) is 1.59. The van der Waals surface area contributed by atoms with Gasteiger partial charge in [0.25, 0.3) is 0 Å². The third-order valence-corrected chi connectivity index (χ3v) is 3.09. The average molecular weight is 253 g/mol. The molecule has 1 aromatic heterocycles. The molecule has 100 valence electrons. The lowest BCUT2D eigenvalue weighted by Crippen LogP contribution is -2.39. The Morgan fingerprint density at radius 2 is 2.28 bits per heavy atom. The van der Waals surface area contributed by atoms with Crippen LogP contribution in [0.2, 0.25) is 0 Å². The predicted octanol–water partition coefficient (Wildman–Crippen LogP) is 0.318. The van der Waals surface area contributed by atoms with Crippen molar-refractivity contribution in [3.63, 3.8) is 0 Å². The average Bonchev–Trinajstić information content (AvgIpc) is 2.85. The number of aromatic nitrogens is 2. The van der Waals surface area contributed by atoms with Gasteiger partial charge in [-0.25, -0.2) is 0 Å². The van der Waals surface area contributed by atoms with Gasteiger partial charge in [-0.15, -0.1) is 0 Å². The maximum Gasteiger partial charge on any atom is 0.223 e. The Morgan fingerprint density at radius 1 is 1.50 bits per heavy atom. The van der Waals surface area contributed by atoms with Gasteiger partial charge in [-0.05, 0) is 0 Å². The van der Waals surface area contributed by atoms with E-state index in [4.69, 9.17) is 15.2 Å². The highest BCUT2D eigenvalue weighted by Gasteiger charge is 2.34. The van der Waals surface area contributed by atoms with E-state index in [0.29, 0.717) is 24.8 Å². The Balaban J connectivity index is 2.03. The molecule has 0 aliphatic carbocycles. The van der Waals surface area contributed by atoms with Crippen molar-refractivity contribution in [1.29, 1.82) is 0 Å². The summed E-state index contributed by atoms with van der Waals surface area (Å²) in [6.07, 6.45) is 0.871. The van der Waals surface area contributed by atoms with E-state index in [1.165, 1.54) is 0 Å². The summed E-state index contributed by atoms with van der Waals surface area (Å²) >= 11 is 0. The Hall–Kier alpha value is -1.60. The summed E-state index contributed by atoms with van der Waals surface area (Å²) in [5, 5.41) is 6.15. The molecule has 0 aromatic carbocycles. The number of hydrogen-bond acceptors (Lipinski definition) is 7. The summed E-state index contributed by atoms with van der Waals surface area (Å²) in [5.41, 5.74) is 5.35. The summed E-state index contributed by atoms with van der Waals surface area (Å²) in [7, 11) is 3.48. The summed E-state index contributed by atoms with van der Waals surface area (Å²) in [6.45, 7) is 1.95. The fourth-order valence-electron chi connectivity index (χ4n) is 1.90. The lowest BCUT2D eigenvalue weighted by Gasteiger charge is -2.26. The maximum atomic E-state index is 5.63. The van der Waals surface area contributed by atoms with Crippen molar-refractivity contribution in [3.05, 3.63) is 6.07 Å². The second-order valence-electron chi connectivity index (χ2n) is 4.29. The lowest BCUT2D eigenvalue weighted by atomic mass is 10.0. The van der Waals surface area contributed by atoms with E-state index in [-0.39, 0.29) is 11.5 Å². The van der Waals surface area contributed by atoms with E-state index in [0.717, 1.165) is 13.0 Å². The first-order chi connectivity index (χ1) is 8.67. The second-order valence-corrected chi connectivity index (χ2v) is 4.29. The smallest absolute Gasteiger partial charge is 0.223 e. The number of rotatable bonds is 5. The van der Waals surface area contributed by atoms with Crippen LogP contribution in [0, 0.1) is 0 Å². The van der Waals surface area contributed by atoms with Crippen molar-refractivity contribution in [2.24, 2.45) is 0 Å². The summed E-state index contributed by atoms with van der Waals surface area (Å²) in [4.78, 5) is 8.16. The van der Waals surface area contributed by atoms with Crippen molar-refractivity contribution in [3.8, 4) is 0 Å². The van der Waals surface area contributed by atoms with Crippen molar-refractivity contribution in [2.75, 3.05) is 50.3 Å². The highest BCUT2D eigenvalue weighted by molar-refractivity contribution is 5.50. The number of nitrogens with one attached hydrogen (secondary N) is 2. The third kappa shape index (κ3) is 2.80. The lowest BCUT2D eigenvalue weighted by molar-refractivity contribution is -0.00625. The molecule has 1 atom stereocenters. The van der Waals surface area contributed by atoms with Gasteiger partial charge in [0.05, 0.1) is 6.61 Å². The van der Waals surface area contributed by atoms with E-state index in [9.17, 15) is 0 Å². The highest BCUT2D eigenvalue weighted by Crippen LogP contribution is 2.23. The van der Waals surface area contributed by atoms with Crippen LogP contribution in [-0.2, 0) is 9.47 Å². The minimum absolute atomic E-state index is 0.235. The van der Waals surface area contributed by atoms with Crippen LogP contribution in [0.15, 0.2) is 6.07 Å². The van der Waals surface area contributed by atoms with Crippen LogP contribution in [0.1, 0.15) is 6.42 Å². The second kappa shape index (κ2) is 5.36. The molecule has 0 amide bonds. The van der Waals surface area contributed by atoms with E-state index >= 15 is 0 Å². The van der Waals surface area contributed by atoms with Crippen molar-refractivity contribution < 1.29 is 9.47 Å². The van der Waals surface area contributed by atoms with Gasteiger partial charge in [0.15, 0.2) is 0 Å². The Morgan fingerprint density at radius 3 is 2.89 bits per heavy atom. The number of nitrogen functional groups attached to an aromatic ring is 1. The first-order valence-electron chi connectivity index (χ1n) is 5.86. The first kappa shape index (κ1) is 12.8. The van der Waals surface area contributed by atoms with Gasteiger partial charge in [0.1, 0.15) is 17.2 Å². The quantitative estimate of drug-likeness (QED) is 0.695. The molecule has 1 unspecified atom stereocenters.